The molecule has 0 unspecified atom stereocenters. The van der Waals surface area contributed by atoms with Crippen molar-refractivity contribution >= 4 is 11.3 Å². The smallest absolute Gasteiger partial charge is 0.118 e. The number of hydrogen-bond donors (Lipinski definition) is 1. The normalized spacial score (nSPS) is 11.4. The highest BCUT2D eigenvalue weighted by molar-refractivity contribution is 7.07. The summed E-state index contributed by atoms with van der Waals surface area (Å²) >= 11 is 1.64. The predicted octanol–water partition coefficient (Wildman–Crippen LogP) is 2.79. The van der Waals surface area contributed by atoms with Crippen LogP contribution < -0.4 is 5.32 Å². The number of rotatable bonds is 7. The summed E-state index contributed by atoms with van der Waals surface area (Å²) in [7, 11) is 2.11. The zero-order valence-corrected chi connectivity index (χ0v) is 12.6. The molecule has 0 amide bonds. The number of hydrogen-bond acceptors (Lipinski definition) is 5. The Hall–Kier alpha value is -1.17. The fourth-order valence-electron chi connectivity index (χ4n) is 2.02. The van der Waals surface area contributed by atoms with Crippen molar-refractivity contribution in [1.82, 2.24) is 15.2 Å². The summed E-state index contributed by atoms with van der Waals surface area (Å²) in [5.41, 5.74) is 4.26. The Morgan fingerprint density at radius 1 is 1.42 bits per heavy atom. The molecule has 104 valence electrons. The Morgan fingerprint density at radius 3 is 2.95 bits per heavy atom. The second kappa shape index (κ2) is 6.84. The molecule has 5 heteroatoms. The Kier molecular flexibility index (Phi) is 5.13. The van der Waals surface area contributed by atoms with Gasteiger partial charge in [0, 0.05) is 24.0 Å². The van der Waals surface area contributed by atoms with E-state index in [2.05, 4.69) is 40.6 Å². The number of nitrogens with one attached hydrogen (secondary N) is 1. The Morgan fingerprint density at radius 2 is 2.26 bits per heavy atom. The zero-order chi connectivity index (χ0) is 13.7. The van der Waals surface area contributed by atoms with Gasteiger partial charge >= 0.3 is 0 Å². The number of nitrogens with zero attached hydrogens (tertiary/aromatic N) is 2. The molecule has 0 fully saturated rings. The fraction of sp³-hybridized carbons (Fsp3) is 0.500. The van der Waals surface area contributed by atoms with E-state index in [9.17, 15) is 0 Å². The monoisotopic (exact) mass is 279 g/mol. The number of furan rings is 1. The van der Waals surface area contributed by atoms with Gasteiger partial charge in [0.2, 0.25) is 0 Å². The number of aromatic nitrogens is 1. The van der Waals surface area contributed by atoms with Crippen LogP contribution in [0.15, 0.2) is 21.4 Å². The largest absolute Gasteiger partial charge is 0.465 e. The second-order valence-corrected chi connectivity index (χ2v) is 5.45. The topological polar surface area (TPSA) is 41.3 Å². The van der Waals surface area contributed by atoms with Crippen LogP contribution in [0, 0.1) is 6.92 Å². The highest BCUT2D eigenvalue weighted by atomic mass is 32.1. The van der Waals surface area contributed by atoms with E-state index in [0.29, 0.717) is 0 Å². The molecule has 2 rings (SSSR count). The average molecular weight is 279 g/mol. The van der Waals surface area contributed by atoms with E-state index < -0.39 is 0 Å². The lowest BCUT2D eigenvalue weighted by Gasteiger charge is -2.14. The van der Waals surface area contributed by atoms with Gasteiger partial charge in [0.1, 0.15) is 11.5 Å². The molecule has 2 heterocycles. The van der Waals surface area contributed by atoms with Crippen molar-refractivity contribution in [3.8, 4) is 0 Å². The van der Waals surface area contributed by atoms with Crippen LogP contribution in [0.4, 0.5) is 0 Å². The summed E-state index contributed by atoms with van der Waals surface area (Å²) < 4.78 is 5.75. The molecule has 1 N–H and O–H groups in total. The second-order valence-electron chi connectivity index (χ2n) is 4.73. The van der Waals surface area contributed by atoms with Gasteiger partial charge in [-0.05, 0) is 26.6 Å². The average Bonchev–Trinajstić information content (AvgIpc) is 2.98. The van der Waals surface area contributed by atoms with Gasteiger partial charge < -0.3 is 9.73 Å². The van der Waals surface area contributed by atoms with Crippen LogP contribution in [0.3, 0.4) is 0 Å². The Labute approximate surface area is 118 Å². The van der Waals surface area contributed by atoms with Gasteiger partial charge in [0.15, 0.2) is 0 Å². The molecule has 0 saturated heterocycles. The molecule has 0 aliphatic heterocycles. The molecule has 2 aromatic heterocycles. The van der Waals surface area contributed by atoms with Gasteiger partial charge in [-0.15, -0.1) is 11.3 Å². The Bertz CT molecular complexity index is 493. The maximum Gasteiger partial charge on any atom is 0.118 e. The molecule has 0 aliphatic carbocycles. The quantitative estimate of drug-likeness (QED) is 0.846. The molecular weight excluding hydrogens is 258 g/mol. The van der Waals surface area contributed by atoms with E-state index in [1.165, 1.54) is 5.56 Å². The number of thiazole rings is 1. The predicted molar refractivity (Wildman–Crippen MR) is 78.1 cm³/mol. The first-order valence-corrected chi connectivity index (χ1v) is 7.47. The van der Waals surface area contributed by atoms with Crippen LogP contribution in [0.5, 0.6) is 0 Å². The van der Waals surface area contributed by atoms with E-state index in [1.54, 1.807) is 11.3 Å². The lowest BCUT2D eigenvalue weighted by atomic mass is 10.2. The van der Waals surface area contributed by atoms with Crippen molar-refractivity contribution in [2.75, 3.05) is 13.6 Å². The van der Waals surface area contributed by atoms with Crippen molar-refractivity contribution in [3.63, 3.8) is 0 Å². The number of aryl methyl sites for hydroxylation is 1. The molecule has 2 aromatic rings. The maximum atomic E-state index is 5.75. The minimum Gasteiger partial charge on any atom is -0.465 e. The molecule has 0 aliphatic rings. The summed E-state index contributed by atoms with van der Waals surface area (Å²) in [6, 6.07) is 2.15. The van der Waals surface area contributed by atoms with E-state index in [4.69, 9.17) is 4.42 Å². The molecule has 19 heavy (non-hydrogen) atoms. The van der Waals surface area contributed by atoms with E-state index in [-0.39, 0.29) is 0 Å². The summed E-state index contributed by atoms with van der Waals surface area (Å²) in [5, 5.41) is 5.37. The zero-order valence-electron chi connectivity index (χ0n) is 11.8. The van der Waals surface area contributed by atoms with Gasteiger partial charge in [0.25, 0.3) is 0 Å². The van der Waals surface area contributed by atoms with E-state index in [1.807, 2.05) is 12.4 Å². The maximum absolute atomic E-state index is 5.75. The molecule has 0 bridgehead atoms. The molecule has 0 aromatic carbocycles. The van der Waals surface area contributed by atoms with E-state index in [0.717, 1.165) is 43.4 Å². The Balaban J connectivity index is 1.92. The van der Waals surface area contributed by atoms with Crippen LogP contribution in [0.1, 0.15) is 29.7 Å². The van der Waals surface area contributed by atoms with Gasteiger partial charge in [0.05, 0.1) is 17.7 Å². The van der Waals surface area contributed by atoms with Crippen LogP contribution >= 0.6 is 11.3 Å². The van der Waals surface area contributed by atoms with Gasteiger partial charge in [-0.1, -0.05) is 6.92 Å². The third-order valence-corrected chi connectivity index (χ3v) is 3.61. The van der Waals surface area contributed by atoms with Crippen molar-refractivity contribution in [2.24, 2.45) is 0 Å². The lowest BCUT2D eigenvalue weighted by Crippen LogP contribution is -2.17. The van der Waals surface area contributed by atoms with Crippen molar-refractivity contribution in [1.29, 1.82) is 0 Å². The van der Waals surface area contributed by atoms with E-state index >= 15 is 0 Å². The van der Waals surface area contributed by atoms with Gasteiger partial charge in [-0.3, -0.25) is 4.90 Å². The molecule has 0 saturated carbocycles. The van der Waals surface area contributed by atoms with Gasteiger partial charge in [-0.25, -0.2) is 4.98 Å². The third-order valence-electron chi connectivity index (χ3n) is 2.98. The fourth-order valence-corrected chi connectivity index (χ4v) is 2.57. The molecule has 0 spiro atoms. The molecule has 4 nitrogen and oxygen atoms in total. The van der Waals surface area contributed by atoms with Crippen molar-refractivity contribution in [2.45, 2.75) is 33.5 Å². The minimum absolute atomic E-state index is 0.799. The van der Waals surface area contributed by atoms with Crippen LogP contribution in [-0.2, 0) is 19.6 Å². The standard InChI is InChI=1S/C14H21N3OS/c1-4-15-6-14-5-12(11(2)18-14)7-17(3)8-13-9-19-10-16-13/h5,9-10,15H,4,6-8H2,1-3H3. The van der Waals surface area contributed by atoms with Gasteiger partial charge in [-0.2, -0.15) is 0 Å². The highest BCUT2D eigenvalue weighted by Gasteiger charge is 2.10. The summed E-state index contributed by atoms with van der Waals surface area (Å²) in [6.07, 6.45) is 0. The summed E-state index contributed by atoms with van der Waals surface area (Å²) in [5.74, 6) is 2.02. The van der Waals surface area contributed by atoms with Crippen molar-refractivity contribution < 1.29 is 4.42 Å². The molecule has 0 radical (unpaired) electrons. The first-order chi connectivity index (χ1) is 9.19. The molecular formula is C14H21N3OS. The summed E-state index contributed by atoms with van der Waals surface area (Å²) in [6.45, 7) is 7.64. The van der Waals surface area contributed by atoms with Crippen LogP contribution in [0.25, 0.3) is 0 Å². The first kappa shape index (κ1) is 14.2. The van der Waals surface area contributed by atoms with Crippen molar-refractivity contribution in [3.05, 3.63) is 39.7 Å². The summed E-state index contributed by atoms with van der Waals surface area (Å²) in [4.78, 5) is 6.56. The highest BCUT2D eigenvalue weighted by Crippen LogP contribution is 2.17. The van der Waals surface area contributed by atoms with Crippen LogP contribution in [0.2, 0.25) is 0 Å². The van der Waals surface area contributed by atoms with Crippen LogP contribution in [-0.4, -0.2) is 23.5 Å². The third kappa shape index (κ3) is 4.16. The lowest BCUT2D eigenvalue weighted by molar-refractivity contribution is 0.313. The SMILES string of the molecule is CCNCc1cc(CN(C)Cc2cscn2)c(C)o1. The molecule has 0 atom stereocenters. The minimum atomic E-state index is 0.799. The first-order valence-electron chi connectivity index (χ1n) is 6.53.